The van der Waals surface area contributed by atoms with E-state index in [9.17, 15) is 23.2 Å². The monoisotopic (exact) mass is 493 g/mol. The van der Waals surface area contributed by atoms with Gasteiger partial charge in [0, 0.05) is 13.1 Å². The molecule has 7 nitrogen and oxygen atoms in total. The highest BCUT2D eigenvalue weighted by Gasteiger charge is 2.46. The maximum Gasteiger partial charge on any atom is 0.387 e. The van der Waals surface area contributed by atoms with Crippen LogP contribution in [0.5, 0.6) is 5.75 Å². The Kier molecular flexibility index (Phi) is 7.89. The molecule has 1 aliphatic heterocycles. The second-order valence-electron chi connectivity index (χ2n) is 8.26. The summed E-state index contributed by atoms with van der Waals surface area (Å²) in [5.74, 6) is -0.869. The van der Waals surface area contributed by atoms with E-state index in [0.29, 0.717) is 12.0 Å². The number of rotatable bonds is 10. The first-order valence-electron chi connectivity index (χ1n) is 11.4. The number of alkyl halides is 2. The fourth-order valence-corrected chi connectivity index (χ4v) is 4.07. The highest BCUT2D eigenvalue weighted by Crippen LogP contribution is 2.32. The lowest BCUT2D eigenvalue weighted by atomic mass is 10.1. The van der Waals surface area contributed by atoms with Crippen molar-refractivity contribution in [3.8, 4) is 5.75 Å². The third kappa shape index (κ3) is 6.04. The zero-order chi connectivity index (χ0) is 25.5. The van der Waals surface area contributed by atoms with Crippen molar-refractivity contribution in [1.29, 1.82) is 0 Å². The van der Waals surface area contributed by atoms with E-state index in [1.807, 2.05) is 36.4 Å². The van der Waals surface area contributed by atoms with Gasteiger partial charge < -0.3 is 15.0 Å². The molecule has 0 radical (unpaired) electrons. The first-order chi connectivity index (χ1) is 17.4. The lowest BCUT2D eigenvalue weighted by Gasteiger charge is -2.22. The Morgan fingerprint density at radius 1 is 0.889 bits per heavy atom. The van der Waals surface area contributed by atoms with Crippen LogP contribution in [0.1, 0.15) is 22.7 Å². The molecular formula is C27H25F2N3O4. The van der Waals surface area contributed by atoms with Crippen LogP contribution >= 0.6 is 0 Å². The second kappa shape index (κ2) is 11.4. The van der Waals surface area contributed by atoms with Crippen molar-refractivity contribution in [2.45, 2.75) is 25.6 Å². The van der Waals surface area contributed by atoms with Gasteiger partial charge >= 0.3 is 12.6 Å². The number of halogens is 2. The molecule has 1 atom stereocenters. The summed E-state index contributed by atoms with van der Waals surface area (Å²) in [6.07, 6.45) is 0.440. The minimum atomic E-state index is -2.89. The zero-order valence-corrected chi connectivity index (χ0v) is 19.3. The number of nitrogens with one attached hydrogen (secondary N) is 1. The molecule has 3 aromatic rings. The number of urea groups is 1. The number of hydrogen-bond acceptors (Lipinski definition) is 4. The van der Waals surface area contributed by atoms with E-state index < -0.39 is 37.0 Å². The van der Waals surface area contributed by atoms with Gasteiger partial charge in [0.1, 0.15) is 18.3 Å². The van der Waals surface area contributed by atoms with Gasteiger partial charge in [-0.2, -0.15) is 8.78 Å². The Hall–Kier alpha value is -4.27. The molecule has 1 unspecified atom stereocenters. The van der Waals surface area contributed by atoms with Crippen molar-refractivity contribution >= 4 is 17.8 Å². The van der Waals surface area contributed by atoms with Gasteiger partial charge in [0.05, 0.1) is 0 Å². The third-order valence-electron chi connectivity index (χ3n) is 5.79. The highest BCUT2D eigenvalue weighted by atomic mass is 19.3. The first kappa shape index (κ1) is 24.8. The molecule has 4 amide bonds. The van der Waals surface area contributed by atoms with Crippen LogP contribution in [0.15, 0.2) is 84.9 Å². The van der Waals surface area contributed by atoms with Gasteiger partial charge in [0.25, 0.3) is 5.91 Å². The van der Waals surface area contributed by atoms with Gasteiger partial charge in [0.15, 0.2) is 0 Å². The van der Waals surface area contributed by atoms with Gasteiger partial charge in [-0.15, -0.1) is 0 Å². The number of imide groups is 1. The van der Waals surface area contributed by atoms with Crippen molar-refractivity contribution < 1.29 is 27.9 Å². The minimum absolute atomic E-state index is 0.0527. The molecule has 1 heterocycles. The van der Waals surface area contributed by atoms with Crippen molar-refractivity contribution in [3.05, 3.63) is 102 Å². The summed E-state index contributed by atoms with van der Waals surface area (Å²) >= 11 is 0. The topological polar surface area (TPSA) is 79.0 Å². The molecule has 3 aromatic carbocycles. The van der Waals surface area contributed by atoms with E-state index in [-0.39, 0.29) is 18.8 Å². The average molecular weight is 494 g/mol. The fourth-order valence-electron chi connectivity index (χ4n) is 4.07. The van der Waals surface area contributed by atoms with E-state index in [4.69, 9.17) is 0 Å². The molecule has 4 rings (SSSR count). The fraction of sp³-hybridized carbons (Fsp3) is 0.222. The molecule has 1 fully saturated rings. The number of hydrogen-bond donors (Lipinski definition) is 1. The summed E-state index contributed by atoms with van der Waals surface area (Å²) in [7, 11) is 0. The lowest BCUT2D eigenvalue weighted by molar-refractivity contribution is -0.132. The molecule has 0 saturated carbocycles. The quantitative estimate of drug-likeness (QED) is 0.431. The Balaban J connectivity index is 1.38. The number of carbonyl (C=O) groups excluding carboxylic acids is 3. The second-order valence-corrected chi connectivity index (χ2v) is 8.26. The normalized spacial score (nSPS) is 15.5. The van der Waals surface area contributed by atoms with Crippen molar-refractivity contribution in [1.82, 2.24) is 15.1 Å². The largest absolute Gasteiger partial charge is 0.435 e. The van der Waals surface area contributed by atoms with E-state index in [2.05, 4.69) is 10.1 Å². The summed E-state index contributed by atoms with van der Waals surface area (Å²) in [4.78, 5) is 41.5. The number of benzene rings is 3. The van der Waals surface area contributed by atoms with Crippen LogP contribution in [-0.4, -0.2) is 47.3 Å². The third-order valence-corrected chi connectivity index (χ3v) is 5.79. The number of nitrogens with zero attached hydrogens (tertiary/aromatic N) is 2. The predicted molar refractivity (Wildman–Crippen MR) is 128 cm³/mol. The van der Waals surface area contributed by atoms with Crippen LogP contribution in [0.2, 0.25) is 0 Å². The maximum atomic E-state index is 13.3. The molecule has 9 heteroatoms. The molecule has 0 bridgehead atoms. The van der Waals surface area contributed by atoms with Gasteiger partial charge in [-0.05, 0) is 35.2 Å². The van der Waals surface area contributed by atoms with Crippen LogP contribution in [0, 0.1) is 0 Å². The van der Waals surface area contributed by atoms with Gasteiger partial charge in [-0.25, -0.2) is 4.79 Å². The Labute approximate surface area is 207 Å². The summed E-state index contributed by atoms with van der Waals surface area (Å²) < 4.78 is 28.8. The van der Waals surface area contributed by atoms with Crippen LogP contribution in [-0.2, 0) is 22.6 Å². The van der Waals surface area contributed by atoms with Crippen molar-refractivity contribution in [3.63, 3.8) is 0 Å². The highest BCUT2D eigenvalue weighted by molar-refractivity contribution is 6.06. The Morgan fingerprint density at radius 3 is 2.17 bits per heavy atom. The average Bonchev–Trinajstić information content (AvgIpc) is 3.10. The first-order valence-corrected chi connectivity index (χ1v) is 11.4. The molecule has 0 aromatic heterocycles. The molecular weight excluding hydrogens is 468 g/mol. The van der Waals surface area contributed by atoms with Crippen LogP contribution in [0.3, 0.4) is 0 Å². The van der Waals surface area contributed by atoms with E-state index in [1.54, 1.807) is 36.4 Å². The van der Waals surface area contributed by atoms with Gasteiger partial charge in [-0.3, -0.25) is 14.5 Å². The van der Waals surface area contributed by atoms with E-state index in [1.165, 1.54) is 17.0 Å². The zero-order valence-electron chi connectivity index (χ0n) is 19.3. The smallest absolute Gasteiger partial charge is 0.387 e. The molecule has 36 heavy (non-hydrogen) atoms. The van der Waals surface area contributed by atoms with E-state index >= 15 is 0 Å². The number of ether oxygens (including phenoxy) is 1. The molecule has 1 saturated heterocycles. The van der Waals surface area contributed by atoms with Crippen LogP contribution in [0.25, 0.3) is 0 Å². The molecule has 0 spiro atoms. The van der Waals surface area contributed by atoms with Crippen LogP contribution < -0.4 is 10.1 Å². The maximum absolute atomic E-state index is 13.3. The van der Waals surface area contributed by atoms with Crippen LogP contribution in [0.4, 0.5) is 13.6 Å². The number of carbonyl (C=O) groups is 3. The SMILES string of the molecule is O=C(CN1C(=O)C(c2ccccc2)N(Cc2ccccc2)C1=O)NCCc1ccc(OC(F)F)cc1. The molecule has 0 aliphatic carbocycles. The van der Waals surface area contributed by atoms with E-state index in [0.717, 1.165) is 16.0 Å². The Bertz CT molecular complexity index is 1190. The summed E-state index contributed by atoms with van der Waals surface area (Å²) in [6.45, 7) is -2.81. The summed E-state index contributed by atoms with van der Waals surface area (Å²) in [5, 5.41) is 2.71. The minimum Gasteiger partial charge on any atom is -0.435 e. The number of amides is 4. The van der Waals surface area contributed by atoms with Crippen molar-refractivity contribution in [2.24, 2.45) is 0 Å². The van der Waals surface area contributed by atoms with Crippen molar-refractivity contribution in [2.75, 3.05) is 13.1 Å². The summed E-state index contributed by atoms with van der Waals surface area (Å²) in [6, 6.07) is 23.1. The predicted octanol–water partition coefficient (Wildman–Crippen LogP) is 4.15. The molecule has 186 valence electrons. The molecule has 1 aliphatic rings. The molecule has 1 N–H and O–H groups in total. The Morgan fingerprint density at radius 2 is 1.53 bits per heavy atom. The summed E-state index contributed by atoms with van der Waals surface area (Å²) in [5.41, 5.74) is 2.35. The van der Waals surface area contributed by atoms with Gasteiger partial charge in [0.2, 0.25) is 5.91 Å². The standard InChI is InChI=1S/C27H25F2N3O4/c28-26(29)36-22-13-11-19(12-14-22)15-16-30-23(33)18-32-25(34)24(21-9-5-2-6-10-21)31(27(32)35)17-20-7-3-1-4-8-20/h1-14,24,26H,15-18H2,(H,30,33). The lowest BCUT2D eigenvalue weighted by Crippen LogP contribution is -2.41. The van der Waals surface area contributed by atoms with Gasteiger partial charge in [-0.1, -0.05) is 72.8 Å².